The second kappa shape index (κ2) is 4.74. The number of benzene rings is 1. The molecular formula is C15H19FN2O2. The lowest BCUT2D eigenvalue weighted by atomic mass is 10.1. The van der Waals surface area contributed by atoms with Gasteiger partial charge in [-0.05, 0) is 37.0 Å². The van der Waals surface area contributed by atoms with Gasteiger partial charge in [-0.15, -0.1) is 0 Å². The van der Waals surface area contributed by atoms with Crippen LogP contribution in [-0.4, -0.2) is 30.0 Å². The summed E-state index contributed by atoms with van der Waals surface area (Å²) >= 11 is 0. The van der Waals surface area contributed by atoms with Crippen molar-refractivity contribution < 1.29 is 13.9 Å². The quantitative estimate of drug-likeness (QED) is 0.918. The zero-order valence-electron chi connectivity index (χ0n) is 11.8. The van der Waals surface area contributed by atoms with Crippen LogP contribution < -0.4 is 10.1 Å². The van der Waals surface area contributed by atoms with Gasteiger partial charge in [0.05, 0.1) is 7.11 Å². The molecule has 1 saturated carbocycles. The number of rotatable bonds is 4. The zero-order valence-corrected chi connectivity index (χ0v) is 11.8. The predicted molar refractivity (Wildman–Crippen MR) is 72.8 cm³/mol. The van der Waals surface area contributed by atoms with Gasteiger partial charge < -0.3 is 9.64 Å². The summed E-state index contributed by atoms with van der Waals surface area (Å²) < 4.78 is 18.8. The Balaban J connectivity index is 1.91. The molecule has 1 aliphatic heterocycles. The van der Waals surface area contributed by atoms with E-state index in [0.717, 1.165) is 24.8 Å². The topological polar surface area (TPSA) is 41.6 Å². The number of carbonyl (C=O) groups excluding carboxylic acids is 1. The van der Waals surface area contributed by atoms with Gasteiger partial charge in [-0.3, -0.25) is 10.1 Å². The van der Waals surface area contributed by atoms with Gasteiger partial charge in [0.2, 0.25) is 5.91 Å². The number of hydrogen-bond acceptors (Lipinski definition) is 3. The first-order valence-electron chi connectivity index (χ1n) is 7.03. The fraction of sp³-hybridized carbons (Fsp3) is 0.533. The summed E-state index contributed by atoms with van der Waals surface area (Å²) in [5.74, 6) is -0.0192. The molecule has 1 aliphatic carbocycles. The first kappa shape index (κ1) is 13.4. The maximum absolute atomic E-state index is 13.9. The largest absolute Gasteiger partial charge is 0.494 e. The molecule has 3 rings (SSSR count). The summed E-state index contributed by atoms with van der Waals surface area (Å²) in [6.45, 7) is 2.72. The second-order valence-corrected chi connectivity index (χ2v) is 5.52. The number of carbonyl (C=O) groups is 1. The van der Waals surface area contributed by atoms with Crippen molar-refractivity contribution in [2.24, 2.45) is 0 Å². The molecule has 4 nitrogen and oxygen atoms in total. The summed E-state index contributed by atoms with van der Waals surface area (Å²) in [6, 6.07) is 4.88. The van der Waals surface area contributed by atoms with Crippen molar-refractivity contribution in [2.75, 3.05) is 13.7 Å². The smallest absolute Gasteiger partial charge is 0.244 e. The van der Waals surface area contributed by atoms with E-state index >= 15 is 0 Å². The van der Waals surface area contributed by atoms with Gasteiger partial charge in [-0.2, -0.15) is 0 Å². The maximum atomic E-state index is 13.9. The number of nitrogens with zero attached hydrogens (tertiary/aromatic N) is 1. The van der Waals surface area contributed by atoms with Crippen molar-refractivity contribution in [2.45, 2.75) is 37.9 Å². The maximum Gasteiger partial charge on any atom is 0.244 e. The molecule has 1 heterocycles. The SMILES string of the molecule is CCCN1C(=O)C2(CC2)NC1c1ccc(OC)c(F)c1. The van der Waals surface area contributed by atoms with Crippen LogP contribution in [0.15, 0.2) is 18.2 Å². The zero-order chi connectivity index (χ0) is 14.3. The lowest BCUT2D eigenvalue weighted by molar-refractivity contribution is -0.130. The molecule has 5 heteroatoms. The molecule has 0 bridgehead atoms. The van der Waals surface area contributed by atoms with Gasteiger partial charge in [0.1, 0.15) is 11.7 Å². The van der Waals surface area contributed by atoms with Crippen LogP contribution in [0.2, 0.25) is 0 Å². The predicted octanol–water partition coefficient (Wildman–Crippen LogP) is 2.21. The van der Waals surface area contributed by atoms with Crippen LogP contribution in [-0.2, 0) is 4.79 Å². The molecule has 2 fully saturated rings. The molecule has 1 unspecified atom stereocenters. The van der Waals surface area contributed by atoms with Crippen molar-refractivity contribution in [3.63, 3.8) is 0 Å². The van der Waals surface area contributed by atoms with Crippen molar-refractivity contribution in [1.82, 2.24) is 10.2 Å². The minimum atomic E-state index is -0.396. The van der Waals surface area contributed by atoms with Gasteiger partial charge in [-0.25, -0.2) is 4.39 Å². The van der Waals surface area contributed by atoms with Gasteiger partial charge in [0, 0.05) is 6.54 Å². The van der Waals surface area contributed by atoms with Gasteiger partial charge in [0.25, 0.3) is 0 Å². The van der Waals surface area contributed by atoms with Crippen LogP contribution in [0.5, 0.6) is 5.75 Å². The van der Waals surface area contributed by atoms with E-state index in [2.05, 4.69) is 5.32 Å². The van der Waals surface area contributed by atoms with Crippen molar-refractivity contribution in [3.8, 4) is 5.75 Å². The molecule has 1 aromatic carbocycles. The lowest BCUT2D eigenvalue weighted by Crippen LogP contribution is -2.32. The fourth-order valence-corrected chi connectivity index (χ4v) is 2.86. The number of methoxy groups -OCH3 is 1. The van der Waals surface area contributed by atoms with E-state index in [1.807, 2.05) is 17.9 Å². The Morgan fingerprint density at radius 3 is 2.80 bits per heavy atom. The van der Waals surface area contributed by atoms with Crippen LogP contribution in [0.3, 0.4) is 0 Å². The normalized spacial score (nSPS) is 23.4. The Labute approximate surface area is 117 Å². The highest BCUT2D eigenvalue weighted by Crippen LogP contribution is 2.46. The van der Waals surface area contributed by atoms with E-state index in [9.17, 15) is 9.18 Å². The van der Waals surface area contributed by atoms with E-state index in [1.165, 1.54) is 13.2 Å². The lowest BCUT2D eigenvalue weighted by Gasteiger charge is -2.24. The highest BCUT2D eigenvalue weighted by Gasteiger charge is 2.59. The average molecular weight is 278 g/mol. The number of nitrogens with one attached hydrogen (secondary N) is 1. The highest BCUT2D eigenvalue weighted by molar-refractivity contribution is 5.92. The molecule has 20 heavy (non-hydrogen) atoms. The van der Waals surface area contributed by atoms with E-state index in [4.69, 9.17) is 4.74 Å². The Hall–Kier alpha value is -1.62. The molecule has 2 aliphatic rings. The van der Waals surface area contributed by atoms with Crippen LogP contribution in [0.1, 0.15) is 37.9 Å². The molecule has 108 valence electrons. The summed E-state index contributed by atoms with van der Waals surface area (Å²) in [5, 5.41) is 3.38. The van der Waals surface area contributed by atoms with Crippen molar-refractivity contribution >= 4 is 5.91 Å². The average Bonchev–Trinajstić information content (AvgIpc) is 3.17. The van der Waals surface area contributed by atoms with Gasteiger partial charge >= 0.3 is 0 Å². The van der Waals surface area contributed by atoms with Crippen molar-refractivity contribution in [1.29, 1.82) is 0 Å². The molecule has 0 radical (unpaired) electrons. The third-order valence-electron chi connectivity index (χ3n) is 4.10. The highest BCUT2D eigenvalue weighted by atomic mass is 19.1. The standard InChI is InChI=1S/C15H19FN2O2/c1-3-8-18-13(17-15(6-7-15)14(18)19)10-4-5-12(20-2)11(16)9-10/h4-5,9,13,17H,3,6-8H2,1-2H3. The minimum absolute atomic E-state index is 0.153. The molecule has 1 saturated heterocycles. The summed E-state index contributed by atoms with van der Waals surface area (Å²) in [6.07, 6.45) is 2.41. The molecule has 1 atom stereocenters. The third-order valence-corrected chi connectivity index (χ3v) is 4.10. The Morgan fingerprint density at radius 2 is 2.25 bits per heavy atom. The molecule has 1 N–H and O–H groups in total. The van der Waals surface area contributed by atoms with Gasteiger partial charge in [0.15, 0.2) is 11.6 Å². The summed E-state index contributed by atoms with van der Waals surface area (Å²) in [5.41, 5.74) is 0.393. The molecular weight excluding hydrogens is 259 g/mol. The molecule has 0 aromatic heterocycles. The summed E-state index contributed by atoms with van der Waals surface area (Å²) in [7, 11) is 1.44. The number of halogens is 1. The number of hydrogen-bond donors (Lipinski definition) is 1. The van der Waals surface area contributed by atoms with E-state index in [1.54, 1.807) is 6.07 Å². The van der Waals surface area contributed by atoms with Crippen LogP contribution >= 0.6 is 0 Å². The Bertz CT molecular complexity index is 543. The Kier molecular flexibility index (Phi) is 3.17. The first-order chi connectivity index (χ1) is 9.61. The minimum Gasteiger partial charge on any atom is -0.494 e. The van der Waals surface area contributed by atoms with Crippen LogP contribution in [0, 0.1) is 5.82 Å². The second-order valence-electron chi connectivity index (χ2n) is 5.52. The molecule has 1 aromatic rings. The first-order valence-corrected chi connectivity index (χ1v) is 7.03. The fourth-order valence-electron chi connectivity index (χ4n) is 2.86. The van der Waals surface area contributed by atoms with E-state index in [0.29, 0.717) is 6.54 Å². The van der Waals surface area contributed by atoms with Crippen LogP contribution in [0.4, 0.5) is 4.39 Å². The number of ether oxygens (including phenoxy) is 1. The summed E-state index contributed by atoms with van der Waals surface area (Å²) in [4.78, 5) is 14.2. The monoisotopic (exact) mass is 278 g/mol. The van der Waals surface area contributed by atoms with Gasteiger partial charge in [-0.1, -0.05) is 13.0 Å². The molecule has 1 spiro atoms. The van der Waals surface area contributed by atoms with Crippen molar-refractivity contribution in [3.05, 3.63) is 29.6 Å². The molecule has 1 amide bonds. The number of amides is 1. The third kappa shape index (κ3) is 1.97. The Morgan fingerprint density at radius 1 is 1.50 bits per heavy atom. The van der Waals surface area contributed by atoms with Crippen LogP contribution in [0.25, 0.3) is 0 Å². The van der Waals surface area contributed by atoms with E-state index in [-0.39, 0.29) is 23.4 Å². The van der Waals surface area contributed by atoms with E-state index < -0.39 is 5.82 Å².